The Morgan fingerprint density at radius 1 is 0.625 bits per heavy atom. The molecule has 0 unspecified atom stereocenters. The smallest absolute Gasteiger partial charge is 0.324 e. The fourth-order valence-corrected chi connectivity index (χ4v) is 5.28. The van der Waals surface area contributed by atoms with Crippen LogP contribution >= 0.6 is 12.4 Å². The Hall–Kier alpha value is -7.07. The van der Waals surface area contributed by atoms with E-state index < -0.39 is 17.7 Å². The molecule has 0 aliphatic carbocycles. The van der Waals surface area contributed by atoms with E-state index >= 15 is 0 Å². The molecule has 0 fully saturated rings. The molecule has 0 aliphatic rings. The van der Waals surface area contributed by atoms with Crippen molar-refractivity contribution in [2.45, 2.75) is 6.92 Å². The number of hydrogen-bond donors (Lipinski definition) is 3. The zero-order chi connectivity index (χ0) is 39.1. The van der Waals surface area contributed by atoms with E-state index in [2.05, 4.69) is 25.8 Å². The van der Waals surface area contributed by atoms with Gasteiger partial charge in [-0.3, -0.25) is 15.3 Å². The second-order valence-electron chi connectivity index (χ2n) is 11.5. The van der Waals surface area contributed by atoms with Crippen LogP contribution in [0.1, 0.15) is 5.76 Å². The summed E-state index contributed by atoms with van der Waals surface area (Å²) >= 11 is 0. The molecule has 0 bridgehead atoms. The molecule has 56 heavy (non-hydrogen) atoms. The lowest BCUT2D eigenvalue weighted by Crippen LogP contribution is -2.19. The number of hydrogen-bond acceptors (Lipinski definition) is 12. The third-order valence-corrected chi connectivity index (χ3v) is 7.87. The van der Waals surface area contributed by atoms with E-state index in [0.29, 0.717) is 67.8 Å². The highest BCUT2D eigenvalue weighted by molar-refractivity contribution is 5.99. The summed E-state index contributed by atoms with van der Waals surface area (Å²) < 4.78 is 66.1. The number of urea groups is 1. The first-order chi connectivity index (χ1) is 26.6. The van der Waals surface area contributed by atoms with Gasteiger partial charge in [0.1, 0.15) is 17.3 Å². The van der Waals surface area contributed by atoms with Crippen LogP contribution in [0, 0.1) is 18.6 Å². The molecule has 4 N–H and O–H groups in total. The molecule has 3 aromatic heterocycles. The average molecular weight is 789 g/mol. The molecule has 0 saturated carbocycles. The third kappa shape index (κ3) is 9.17. The Balaban J connectivity index is 0.000000222. The van der Waals surface area contributed by atoms with Gasteiger partial charge in [-0.25, -0.2) is 13.6 Å². The molecule has 4 aromatic carbocycles. The Morgan fingerprint density at radius 2 is 1.12 bits per heavy atom. The molecule has 0 radical (unpaired) electrons. The maximum absolute atomic E-state index is 14.7. The van der Waals surface area contributed by atoms with Crippen molar-refractivity contribution < 1.29 is 46.5 Å². The summed E-state index contributed by atoms with van der Waals surface area (Å²) in [6, 6.07) is 19.5. The number of benzene rings is 4. The number of nitrogens with two attached hydrogens (primary N) is 1. The van der Waals surface area contributed by atoms with Crippen molar-refractivity contribution in [3.8, 4) is 46.0 Å². The Bertz CT molecular complexity index is 2500. The average Bonchev–Trinajstić information content (AvgIpc) is 3.59. The monoisotopic (exact) mass is 788 g/mol. The minimum Gasteiger partial charge on any atom is -0.493 e. The van der Waals surface area contributed by atoms with E-state index in [4.69, 9.17) is 38.7 Å². The van der Waals surface area contributed by atoms with Crippen molar-refractivity contribution in [1.29, 1.82) is 0 Å². The molecule has 7 rings (SSSR count). The van der Waals surface area contributed by atoms with Gasteiger partial charge in [0.2, 0.25) is 0 Å². The van der Waals surface area contributed by atoms with Gasteiger partial charge in [0.15, 0.2) is 51.9 Å². The Kier molecular flexibility index (Phi) is 12.8. The highest BCUT2D eigenvalue weighted by atomic mass is 35.5. The molecule has 0 spiro atoms. The molecule has 0 atom stereocenters. The number of amides is 2. The zero-order valence-electron chi connectivity index (χ0n) is 30.5. The predicted octanol–water partition coefficient (Wildman–Crippen LogP) is 9.31. The lowest BCUT2D eigenvalue weighted by atomic mass is 10.2. The SMILES string of the molecule is COc1cc2nccc(Oc3ccc(N)cc3F)c2cc1OC.COc1cc2nccc(Oc3ccc(NC(=O)Nc4cc(C)on4)cc3F)c2cc1OC.Cl. The second kappa shape index (κ2) is 17.8. The molecule has 0 saturated heterocycles. The number of ether oxygens (including phenoxy) is 6. The quantitative estimate of drug-likeness (QED) is 0.112. The fourth-order valence-electron chi connectivity index (χ4n) is 5.28. The van der Waals surface area contributed by atoms with Crippen molar-refractivity contribution in [3.63, 3.8) is 0 Å². The van der Waals surface area contributed by atoms with E-state index in [-0.39, 0.29) is 35.4 Å². The van der Waals surface area contributed by atoms with Crippen molar-refractivity contribution in [2.24, 2.45) is 0 Å². The minimum absolute atomic E-state index is 0. The topological polar surface area (TPSA) is 174 Å². The largest absolute Gasteiger partial charge is 0.493 e. The molecular weight excluding hydrogens is 754 g/mol. The summed E-state index contributed by atoms with van der Waals surface area (Å²) in [7, 11) is 6.14. The lowest BCUT2D eigenvalue weighted by molar-refractivity contribution is 0.262. The molecular formula is C39H35ClF2N6O8. The van der Waals surface area contributed by atoms with Crippen LogP contribution in [0.4, 0.5) is 30.8 Å². The third-order valence-electron chi connectivity index (χ3n) is 7.87. The van der Waals surface area contributed by atoms with Crippen molar-refractivity contribution in [3.05, 3.63) is 109 Å². The van der Waals surface area contributed by atoms with Crippen molar-refractivity contribution in [2.75, 3.05) is 44.8 Å². The van der Waals surface area contributed by atoms with Gasteiger partial charge in [0.25, 0.3) is 0 Å². The van der Waals surface area contributed by atoms with Gasteiger partial charge < -0.3 is 44.0 Å². The molecule has 17 heteroatoms. The predicted molar refractivity (Wildman–Crippen MR) is 208 cm³/mol. The van der Waals surface area contributed by atoms with E-state index in [1.165, 1.54) is 38.5 Å². The van der Waals surface area contributed by atoms with Crippen LogP contribution in [0.15, 0.2) is 95.8 Å². The van der Waals surface area contributed by atoms with Crippen LogP contribution in [0.5, 0.6) is 46.0 Å². The number of pyridine rings is 2. The van der Waals surface area contributed by atoms with Gasteiger partial charge in [-0.05, 0) is 55.5 Å². The number of carbonyl (C=O) groups excluding carboxylic acids is 1. The highest BCUT2D eigenvalue weighted by Gasteiger charge is 2.16. The molecule has 14 nitrogen and oxygen atoms in total. The summed E-state index contributed by atoms with van der Waals surface area (Å²) in [5.41, 5.74) is 7.36. The van der Waals surface area contributed by atoms with E-state index in [1.54, 1.807) is 82.1 Å². The molecule has 2 amide bonds. The van der Waals surface area contributed by atoms with Crippen LogP contribution in [-0.2, 0) is 0 Å². The van der Waals surface area contributed by atoms with Crippen LogP contribution in [0.3, 0.4) is 0 Å². The number of rotatable bonds is 10. The summed E-state index contributed by atoms with van der Waals surface area (Å²) in [4.78, 5) is 20.6. The first kappa shape index (κ1) is 40.1. The molecule has 0 aliphatic heterocycles. The zero-order valence-corrected chi connectivity index (χ0v) is 31.3. The normalized spacial score (nSPS) is 10.4. The maximum Gasteiger partial charge on any atom is 0.324 e. The summed E-state index contributed by atoms with van der Waals surface area (Å²) in [6.07, 6.45) is 3.13. The summed E-state index contributed by atoms with van der Waals surface area (Å²) in [6.45, 7) is 1.70. The fraction of sp³-hybridized carbons (Fsp3) is 0.128. The number of nitrogens with zero attached hydrogens (tertiary/aromatic N) is 3. The molecule has 290 valence electrons. The number of fused-ring (bicyclic) bond motifs is 2. The number of halogens is 3. The Labute approximate surface area is 324 Å². The first-order valence-electron chi connectivity index (χ1n) is 16.3. The standard InChI is InChI=1S/C22H19FN4O5.C17H15FN2O3.ClH/c1-12-8-21(27-32-12)26-22(28)25-13-4-5-18(15(23)9-13)31-17-6-7-24-16-11-20(30-3)19(29-2)10-14(16)17;1-21-16-8-11-13(9-17(16)22-2)20-6-5-14(11)23-15-4-3-10(19)7-12(15)18;/h4-11H,1-3H3,(H2,25,26,27,28);3-9H,19H2,1-2H3;1H. The van der Waals surface area contributed by atoms with Crippen LogP contribution in [-0.4, -0.2) is 49.6 Å². The van der Waals surface area contributed by atoms with E-state index in [0.717, 1.165) is 6.07 Å². The van der Waals surface area contributed by atoms with Gasteiger partial charge in [0, 0.05) is 64.9 Å². The van der Waals surface area contributed by atoms with Gasteiger partial charge in [-0.1, -0.05) is 5.16 Å². The van der Waals surface area contributed by atoms with E-state index in [9.17, 15) is 13.6 Å². The molecule has 7 aromatic rings. The van der Waals surface area contributed by atoms with Gasteiger partial charge >= 0.3 is 6.03 Å². The van der Waals surface area contributed by atoms with Crippen molar-refractivity contribution >= 4 is 57.4 Å². The minimum atomic E-state index is -0.662. The highest BCUT2D eigenvalue weighted by Crippen LogP contribution is 2.39. The summed E-state index contributed by atoms with van der Waals surface area (Å²) in [5, 5.41) is 9.97. The van der Waals surface area contributed by atoms with Gasteiger partial charge in [-0.15, -0.1) is 12.4 Å². The Morgan fingerprint density at radius 3 is 1.59 bits per heavy atom. The van der Waals surface area contributed by atoms with Gasteiger partial charge in [-0.2, -0.15) is 0 Å². The number of aryl methyl sites for hydroxylation is 1. The number of nitrogen functional groups attached to an aromatic ring is 1. The molecule has 3 heterocycles. The second-order valence-corrected chi connectivity index (χ2v) is 11.5. The van der Waals surface area contributed by atoms with Crippen LogP contribution in [0.25, 0.3) is 21.8 Å². The van der Waals surface area contributed by atoms with Crippen LogP contribution < -0.4 is 44.8 Å². The number of carbonyl (C=O) groups is 1. The van der Waals surface area contributed by atoms with Crippen molar-refractivity contribution in [1.82, 2.24) is 15.1 Å². The number of aromatic nitrogens is 3. The van der Waals surface area contributed by atoms with Crippen LogP contribution in [0.2, 0.25) is 0 Å². The number of nitrogens with one attached hydrogen (secondary N) is 2. The summed E-state index contributed by atoms with van der Waals surface area (Å²) in [5.74, 6) is 2.61. The maximum atomic E-state index is 14.7. The first-order valence-corrected chi connectivity index (χ1v) is 16.3. The number of methoxy groups -OCH3 is 4. The van der Waals surface area contributed by atoms with Gasteiger partial charge in [0.05, 0.1) is 39.5 Å². The van der Waals surface area contributed by atoms with E-state index in [1.807, 2.05) is 0 Å². The lowest BCUT2D eigenvalue weighted by Gasteiger charge is -2.13. The number of anilines is 3.